The summed E-state index contributed by atoms with van der Waals surface area (Å²) in [6.07, 6.45) is 1.89. The largest absolute Gasteiger partial charge is 0.490 e. The number of hydrogen-bond donors (Lipinski definition) is 1. The lowest BCUT2D eigenvalue weighted by atomic mass is 10.2. The lowest BCUT2D eigenvalue weighted by Crippen LogP contribution is -2.07. The van der Waals surface area contributed by atoms with Gasteiger partial charge in [-0.2, -0.15) is 0 Å². The van der Waals surface area contributed by atoms with Gasteiger partial charge in [-0.05, 0) is 32.0 Å². The second-order valence-corrected chi connectivity index (χ2v) is 4.04. The molecule has 1 atom stereocenters. The molecule has 0 saturated carbocycles. The molecule has 0 spiro atoms. The second-order valence-electron chi connectivity index (χ2n) is 3.24. The lowest BCUT2D eigenvalue weighted by Gasteiger charge is -2.12. The van der Waals surface area contributed by atoms with Crippen molar-refractivity contribution in [3.8, 4) is 5.75 Å². The maximum Gasteiger partial charge on any atom is 0.126 e. The monoisotopic (exact) mass is 210 g/mol. The summed E-state index contributed by atoms with van der Waals surface area (Å²) in [5.74, 6) is 0.817. The zero-order chi connectivity index (χ0) is 10.6. The zero-order valence-corrected chi connectivity index (χ0v) is 9.45. The van der Waals surface area contributed by atoms with Crippen LogP contribution in [0.2, 0.25) is 0 Å². The van der Waals surface area contributed by atoms with Crippen LogP contribution in [0.5, 0.6) is 5.75 Å². The van der Waals surface area contributed by atoms with Crippen LogP contribution in [0.3, 0.4) is 0 Å². The average Bonchev–Trinajstić information content (AvgIpc) is 2.17. The van der Waals surface area contributed by atoms with E-state index in [1.165, 1.54) is 0 Å². The fourth-order valence-corrected chi connectivity index (χ4v) is 1.52. The first-order valence-electron chi connectivity index (χ1n) is 4.50. The molecule has 1 aromatic carbocycles. The molecule has 14 heavy (non-hydrogen) atoms. The third kappa shape index (κ3) is 2.83. The molecule has 1 N–H and O–H groups in total. The summed E-state index contributed by atoms with van der Waals surface area (Å²) >= 11 is 0. The van der Waals surface area contributed by atoms with Gasteiger partial charge in [-0.15, -0.1) is 0 Å². The van der Waals surface area contributed by atoms with E-state index in [2.05, 4.69) is 6.58 Å². The van der Waals surface area contributed by atoms with E-state index in [4.69, 9.17) is 9.63 Å². The minimum atomic E-state index is -0.182. The van der Waals surface area contributed by atoms with E-state index < -0.39 is 0 Å². The third-order valence-corrected chi connectivity index (χ3v) is 2.29. The molecule has 0 heterocycles. The Labute approximate surface area is 86.5 Å². The van der Waals surface area contributed by atoms with E-state index >= 15 is 0 Å². The van der Waals surface area contributed by atoms with Gasteiger partial charge in [0.15, 0.2) is 0 Å². The van der Waals surface area contributed by atoms with Gasteiger partial charge in [-0.1, -0.05) is 12.7 Å². The number of rotatable bonds is 4. The average molecular weight is 210 g/mol. The minimum Gasteiger partial charge on any atom is -0.490 e. The van der Waals surface area contributed by atoms with Crippen LogP contribution in [0, 0.1) is 0 Å². The summed E-state index contributed by atoms with van der Waals surface area (Å²) in [4.78, 5) is 8.98. The molecule has 1 unspecified atom stereocenters. The van der Waals surface area contributed by atoms with Crippen LogP contribution in [0.4, 0.5) is 0 Å². The lowest BCUT2D eigenvalue weighted by molar-refractivity contribution is 0.242. The SMILES string of the molecule is C=Cc1cc(PO)ccc1OC(C)C. The molecule has 1 rings (SSSR count). The van der Waals surface area contributed by atoms with Crippen molar-refractivity contribution in [2.24, 2.45) is 0 Å². The summed E-state index contributed by atoms with van der Waals surface area (Å²) in [5, 5.41) is 0.899. The highest BCUT2D eigenvalue weighted by molar-refractivity contribution is 7.40. The van der Waals surface area contributed by atoms with Gasteiger partial charge in [0.25, 0.3) is 0 Å². The van der Waals surface area contributed by atoms with Crippen LogP contribution >= 0.6 is 8.81 Å². The predicted molar refractivity (Wildman–Crippen MR) is 62.5 cm³/mol. The molecule has 0 radical (unpaired) electrons. The Morgan fingerprint density at radius 2 is 2.21 bits per heavy atom. The maximum atomic E-state index is 8.98. The molecule has 0 aliphatic carbocycles. The molecule has 0 aliphatic heterocycles. The smallest absolute Gasteiger partial charge is 0.126 e. The molecule has 0 aliphatic rings. The van der Waals surface area contributed by atoms with Gasteiger partial charge in [0, 0.05) is 19.7 Å². The van der Waals surface area contributed by atoms with Crippen LogP contribution in [0.15, 0.2) is 24.8 Å². The molecule has 1 aromatic rings. The van der Waals surface area contributed by atoms with Crippen molar-refractivity contribution in [1.82, 2.24) is 0 Å². The summed E-state index contributed by atoms with van der Waals surface area (Å²) in [6.45, 7) is 7.68. The quantitative estimate of drug-likeness (QED) is 0.773. The predicted octanol–water partition coefficient (Wildman–Crippen LogP) is 2.33. The third-order valence-electron chi connectivity index (χ3n) is 1.72. The Bertz CT molecular complexity index is 321. The van der Waals surface area contributed by atoms with Crippen molar-refractivity contribution >= 4 is 20.2 Å². The van der Waals surface area contributed by atoms with Crippen LogP contribution in [-0.4, -0.2) is 11.0 Å². The summed E-state index contributed by atoms with van der Waals surface area (Å²) < 4.78 is 5.59. The van der Waals surface area contributed by atoms with Crippen LogP contribution in [0.1, 0.15) is 19.4 Å². The Morgan fingerprint density at radius 1 is 1.50 bits per heavy atom. The summed E-state index contributed by atoms with van der Waals surface area (Å²) in [6, 6.07) is 5.63. The van der Waals surface area contributed by atoms with Gasteiger partial charge >= 0.3 is 0 Å². The Kier molecular flexibility index (Phi) is 4.12. The van der Waals surface area contributed by atoms with Gasteiger partial charge in [-0.25, -0.2) is 0 Å². The molecular weight excluding hydrogens is 195 g/mol. The Hall–Kier alpha value is -0.850. The number of hydrogen-bond acceptors (Lipinski definition) is 2. The summed E-state index contributed by atoms with van der Waals surface area (Å²) in [5.41, 5.74) is 0.928. The van der Waals surface area contributed by atoms with Gasteiger partial charge in [-0.3, -0.25) is 0 Å². The fraction of sp³-hybridized carbons (Fsp3) is 0.273. The van der Waals surface area contributed by atoms with Gasteiger partial charge in [0.05, 0.1) is 6.10 Å². The highest BCUT2D eigenvalue weighted by atomic mass is 31.1. The van der Waals surface area contributed by atoms with Gasteiger partial charge in [0.1, 0.15) is 5.75 Å². The van der Waals surface area contributed by atoms with Crippen molar-refractivity contribution in [2.75, 3.05) is 0 Å². The molecule has 0 aromatic heterocycles. The minimum absolute atomic E-state index is 0.149. The van der Waals surface area contributed by atoms with E-state index in [1.54, 1.807) is 6.08 Å². The van der Waals surface area contributed by atoms with E-state index in [1.807, 2.05) is 32.0 Å². The van der Waals surface area contributed by atoms with Gasteiger partial charge < -0.3 is 9.63 Å². The fourth-order valence-electron chi connectivity index (χ4n) is 1.14. The van der Waals surface area contributed by atoms with E-state index in [9.17, 15) is 0 Å². The normalized spacial score (nSPS) is 11.1. The van der Waals surface area contributed by atoms with Crippen molar-refractivity contribution in [2.45, 2.75) is 20.0 Å². The zero-order valence-electron chi connectivity index (χ0n) is 8.45. The summed E-state index contributed by atoms with van der Waals surface area (Å²) in [7, 11) is -0.182. The second kappa shape index (κ2) is 5.14. The molecule has 0 amide bonds. The molecular formula is C11H15O2P. The highest BCUT2D eigenvalue weighted by Crippen LogP contribution is 2.21. The standard InChI is InChI=1S/C11H15O2P/c1-4-9-7-10(14-12)5-6-11(9)13-8(2)3/h4-8,12,14H,1H2,2-3H3. The molecule has 3 heteroatoms. The van der Waals surface area contributed by atoms with Crippen LogP contribution < -0.4 is 10.0 Å². The topological polar surface area (TPSA) is 29.5 Å². The Morgan fingerprint density at radius 3 is 2.71 bits per heavy atom. The van der Waals surface area contributed by atoms with Crippen molar-refractivity contribution < 1.29 is 9.63 Å². The molecule has 0 saturated heterocycles. The van der Waals surface area contributed by atoms with Crippen LogP contribution in [0.25, 0.3) is 6.08 Å². The molecule has 0 fully saturated rings. The first-order chi connectivity index (χ1) is 6.67. The van der Waals surface area contributed by atoms with Crippen molar-refractivity contribution in [1.29, 1.82) is 0 Å². The number of benzene rings is 1. The van der Waals surface area contributed by atoms with E-state index in [0.717, 1.165) is 16.6 Å². The maximum absolute atomic E-state index is 8.98. The molecule has 76 valence electrons. The van der Waals surface area contributed by atoms with E-state index in [-0.39, 0.29) is 14.9 Å². The van der Waals surface area contributed by atoms with Crippen LogP contribution in [-0.2, 0) is 0 Å². The number of ether oxygens (including phenoxy) is 1. The molecule has 2 nitrogen and oxygen atoms in total. The Balaban J connectivity index is 2.99. The van der Waals surface area contributed by atoms with E-state index in [0.29, 0.717) is 0 Å². The van der Waals surface area contributed by atoms with Crippen molar-refractivity contribution in [3.63, 3.8) is 0 Å². The first-order valence-corrected chi connectivity index (χ1v) is 5.45. The van der Waals surface area contributed by atoms with Gasteiger partial charge in [0.2, 0.25) is 0 Å². The van der Waals surface area contributed by atoms with Crippen molar-refractivity contribution in [3.05, 3.63) is 30.3 Å². The molecule has 0 bridgehead atoms. The first kappa shape index (κ1) is 11.2. The highest BCUT2D eigenvalue weighted by Gasteiger charge is 2.03.